The van der Waals surface area contributed by atoms with Gasteiger partial charge in [0.05, 0.1) is 5.25 Å². The van der Waals surface area contributed by atoms with Crippen molar-refractivity contribution in [2.75, 3.05) is 6.26 Å². The smallest absolute Gasteiger partial charge is 0.151 e. The van der Waals surface area contributed by atoms with Gasteiger partial charge in [-0.05, 0) is 25.7 Å². The highest BCUT2D eigenvalue weighted by atomic mass is 32.2. The lowest BCUT2D eigenvalue weighted by atomic mass is 9.79. The van der Waals surface area contributed by atoms with Crippen LogP contribution in [0.4, 0.5) is 0 Å². The van der Waals surface area contributed by atoms with Gasteiger partial charge in [-0.25, -0.2) is 8.42 Å². The van der Waals surface area contributed by atoms with Crippen LogP contribution in [0.15, 0.2) is 0 Å². The summed E-state index contributed by atoms with van der Waals surface area (Å²) in [4.78, 5) is 0. The number of rotatable bonds is 3. The summed E-state index contributed by atoms with van der Waals surface area (Å²) in [6.07, 6.45) is 4.66. The zero-order chi connectivity index (χ0) is 9.35. The molecule has 4 heteroatoms. The van der Waals surface area contributed by atoms with Crippen molar-refractivity contribution in [1.29, 1.82) is 0 Å². The maximum absolute atomic E-state index is 11.1. The Morgan fingerprint density at radius 3 is 2.17 bits per heavy atom. The standard InChI is InChI=1S/C8H17NO2S/c1-6(12(2,10)11)8(9)7-4-3-5-7/h6-8H,3-5,9H2,1-2H3. The average molecular weight is 191 g/mol. The molecule has 2 N–H and O–H groups in total. The first-order valence-electron chi connectivity index (χ1n) is 4.37. The summed E-state index contributed by atoms with van der Waals surface area (Å²) in [6, 6.07) is -0.159. The molecule has 1 rings (SSSR count). The molecule has 0 aromatic rings. The molecule has 1 aliphatic rings. The van der Waals surface area contributed by atoms with E-state index < -0.39 is 9.84 Å². The van der Waals surface area contributed by atoms with Gasteiger partial charge in [-0.15, -0.1) is 0 Å². The van der Waals surface area contributed by atoms with Crippen molar-refractivity contribution in [3.63, 3.8) is 0 Å². The number of nitrogens with two attached hydrogens (primary N) is 1. The van der Waals surface area contributed by atoms with Gasteiger partial charge in [0.1, 0.15) is 0 Å². The van der Waals surface area contributed by atoms with Crippen LogP contribution < -0.4 is 5.73 Å². The molecule has 0 aromatic heterocycles. The highest BCUT2D eigenvalue weighted by Gasteiger charge is 2.32. The Balaban J connectivity index is 2.57. The fourth-order valence-electron chi connectivity index (χ4n) is 1.49. The van der Waals surface area contributed by atoms with Crippen LogP contribution in [0, 0.1) is 5.92 Å². The maximum atomic E-state index is 11.1. The van der Waals surface area contributed by atoms with E-state index in [1.807, 2.05) is 0 Å². The number of hydrogen-bond acceptors (Lipinski definition) is 3. The molecule has 0 spiro atoms. The fraction of sp³-hybridized carbons (Fsp3) is 1.00. The minimum atomic E-state index is -2.95. The molecule has 3 nitrogen and oxygen atoms in total. The van der Waals surface area contributed by atoms with Gasteiger partial charge in [0.2, 0.25) is 0 Å². The topological polar surface area (TPSA) is 60.2 Å². The molecule has 2 unspecified atom stereocenters. The predicted octanol–water partition coefficient (Wildman–Crippen LogP) is 0.547. The van der Waals surface area contributed by atoms with Crippen LogP contribution in [0.1, 0.15) is 26.2 Å². The molecule has 0 bridgehead atoms. The minimum absolute atomic E-state index is 0.159. The van der Waals surface area contributed by atoms with E-state index in [2.05, 4.69) is 0 Å². The number of sulfone groups is 1. The zero-order valence-corrected chi connectivity index (χ0v) is 8.47. The van der Waals surface area contributed by atoms with Crippen LogP contribution in [0.2, 0.25) is 0 Å². The second-order valence-electron chi connectivity index (χ2n) is 3.80. The van der Waals surface area contributed by atoms with Crippen molar-refractivity contribution >= 4 is 9.84 Å². The Morgan fingerprint density at radius 2 is 1.92 bits per heavy atom. The van der Waals surface area contributed by atoms with E-state index >= 15 is 0 Å². The lowest BCUT2D eigenvalue weighted by Gasteiger charge is -2.33. The second kappa shape index (κ2) is 3.34. The highest BCUT2D eigenvalue weighted by molar-refractivity contribution is 7.91. The molecule has 12 heavy (non-hydrogen) atoms. The third-order valence-corrected chi connectivity index (χ3v) is 4.58. The Kier molecular flexibility index (Phi) is 2.78. The minimum Gasteiger partial charge on any atom is -0.326 e. The van der Waals surface area contributed by atoms with Gasteiger partial charge >= 0.3 is 0 Å². The van der Waals surface area contributed by atoms with Crippen molar-refractivity contribution in [3.05, 3.63) is 0 Å². The monoisotopic (exact) mass is 191 g/mol. The van der Waals surface area contributed by atoms with Crippen LogP contribution in [0.3, 0.4) is 0 Å². The molecule has 1 saturated carbocycles. The van der Waals surface area contributed by atoms with E-state index in [1.54, 1.807) is 6.92 Å². The molecule has 1 fully saturated rings. The Morgan fingerprint density at radius 1 is 1.42 bits per heavy atom. The first kappa shape index (κ1) is 9.99. The summed E-state index contributed by atoms with van der Waals surface area (Å²) in [5.41, 5.74) is 5.83. The zero-order valence-electron chi connectivity index (χ0n) is 7.66. The van der Waals surface area contributed by atoms with Crippen molar-refractivity contribution in [1.82, 2.24) is 0 Å². The second-order valence-corrected chi connectivity index (χ2v) is 6.21. The normalized spacial score (nSPS) is 24.6. The van der Waals surface area contributed by atoms with E-state index in [0.29, 0.717) is 5.92 Å². The van der Waals surface area contributed by atoms with Crippen LogP contribution in [0.5, 0.6) is 0 Å². The first-order chi connectivity index (χ1) is 5.43. The van der Waals surface area contributed by atoms with Gasteiger partial charge in [0.15, 0.2) is 9.84 Å². The summed E-state index contributed by atoms with van der Waals surface area (Å²) in [5.74, 6) is 0.440. The van der Waals surface area contributed by atoms with Crippen LogP contribution in [0.25, 0.3) is 0 Å². The van der Waals surface area contributed by atoms with Crippen LogP contribution in [-0.2, 0) is 9.84 Å². The maximum Gasteiger partial charge on any atom is 0.151 e. The van der Waals surface area contributed by atoms with Gasteiger partial charge < -0.3 is 5.73 Å². The van der Waals surface area contributed by atoms with Gasteiger partial charge in [-0.2, -0.15) is 0 Å². The van der Waals surface area contributed by atoms with Gasteiger partial charge in [0, 0.05) is 12.3 Å². The van der Waals surface area contributed by atoms with Gasteiger partial charge in [0.25, 0.3) is 0 Å². The van der Waals surface area contributed by atoms with Crippen molar-refractivity contribution in [2.45, 2.75) is 37.5 Å². The molecule has 0 amide bonds. The summed E-state index contributed by atoms with van der Waals surface area (Å²) >= 11 is 0. The lowest BCUT2D eigenvalue weighted by molar-refractivity contribution is 0.258. The lowest BCUT2D eigenvalue weighted by Crippen LogP contribution is -2.45. The molecule has 0 heterocycles. The highest BCUT2D eigenvalue weighted by Crippen LogP contribution is 2.31. The molecular weight excluding hydrogens is 174 g/mol. The molecule has 1 aliphatic carbocycles. The molecule has 0 aliphatic heterocycles. The average Bonchev–Trinajstić information content (AvgIpc) is 1.79. The van der Waals surface area contributed by atoms with Crippen molar-refractivity contribution in [2.24, 2.45) is 11.7 Å². The summed E-state index contributed by atoms with van der Waals surface area (Å²) in [5, 5.41) is -0.386. The molecule has 0 aromatic carbocycles. The van der Waals surface area contributed by atoms with E-state index in [0.717, 1.165) is 12.8 Å². The van der Waals surface area contributed by atoms with Crippen molar-refractivity contribution in [3.8, 4) is 0 Å². The molecule has 72 valence electrons. The number of hydrogen-bond donors (Lipinski definition) is 1. The van der Waals surface area contributed by atoms with Crippen LogP contribution >= 0.6 is 0 Å². The Hall–Kier alpha value is -0.0900. The SMILES string of the molecule is CC(C(N)C1CCC1)S(C)(=O)=O. The summed E-state index contributed by atoms with van der Waals surface area (Å²) < 4.78 is 22.3. The van der Waals surface area contributed by atoms with Gasteiger partial charge in [-0.3, -0.25) is 0 Å². The third-order valence-electron chi connectivity index (χ3n) is 2.91. The van der Waals surface area contributed by atoms with Crippen molar-refractivity contribution < 1.29 is 8.42 Å². The van der Waals surface area contributed by atoms with Gasteiger partial charge in [-0.1, -0.05) is 6.42 Å². The van der Waals surface area contributed by atoms with E-state index in [9.17, 15) is 8.42 Å². The molecule has 0 radical (unpaired) electrons. The quantitative estimate of drug-likeness (QED) is 0.708. The summed E-state index contributed by atoms with van der Waals surface area (Å²) in [7, 11) is -2.95. The van der Waals surface area contributed by atoms with E-state index in [-0.39, 0.29) is 11.3 Å². The van der Waals surface area contributed by atoms with E-state index in [1.165, 1.54) is 12.7 Å². The first-order valence-corrected chi connectivity index (χ1v) is 6.33. The molecular formula is C8H17NO2S. The third kappa shape index (κ3) is 1.98. The molecule has 0 saturated heterocycles. The summed E-state index contributed by atoms with van der Waals surface area (Å²) in [6.45, 7) is 1.71. The largest absolute Gasteiger partial charge is 0.326 e. The fourth-order valence-corrected chi connectivity index (χ4v) is 2.29. The molecule has 2 atom stereocenters. The van der Waals surface area contributed by atoms with Crippen LogP contribution in [-0.4, -0.2) is 26.0 Å². The van der Waals surface area contributed by atoms with E-state index in [4.69, 9.17) is 5.73 Å². The Labute approximate surface area is 74.3 Å². The predicted molar refractivity (Wildman–Crippen MR) is 49.6 cm³/mol. The Bertz CT molecular complexity index is 244.